The van der Waals surface area contributed by atoms with Gasteiger partial charge in [-0.2, -0.15) is 9.59 Å². The summed E-state index contributed by atoms with van der Waals surface area (Å²) in [7, 11) is 1.37. The third kappa shape index (κ3) is 3.77. The molecule has 0 unspecified atom stereocenters. The van der Waals surface area contributed by atoms with Gasteiger partial charge in [0.15, 0.2) is 0 Å². The molecule has 0 saturated carbocycles. The van der Waals surface area contributed by atoms with Crippen molar-refractivity contribution in [3.05, 3.63) is 23.8 Å². The van der Waals surface area contributed by atoms with Crippen molar-refractivity contribution in [2.24, 2.45) is 0 Å². The predicted molar refractivity (Wildman–Crippen MR) is 83.1 cm³/mol. The van der Waals surface area contributed by atoms with Crippen molar-refractivity contribution < 1.29 is 23.6 Å². The summed E-state index contributed by atoms with van der Waals surface area (Å²) in [4.78, 5) is 16.2. The number of benzene rings is 1. The molecule has 5 nitrogen and oxygen atoms in total. The molecule has 0 aromatic heterocycles. The summed E-state index contributed by atoms with van der Waals surface area (Å²) >= 11 is 0. The van der Waals surface area contributed by atoms with Gasteiger partial charge in [0.2, 0.25) is 0 Å². The molecule has 2 rings (SSSR count). The van der Waals surface area contributed by atoms with E-state index in [0.717, 1.165) is 17.6 Å². The summed E-state index contributed by atoms with van der Waals surface area (Å²) in [5.41, 5.74) is 1.58. The van der Waals surface area contributed by atoms with E-state index in [-0.39, 0.29) is 24.5 Å². The maximum Gasteiger partial charge on any atom is 0.494 e. The van der Waals surface area contributed by atoms with Crippen molar-refractivity contribution in [3.8, 4) is 5.75 Å². The molecular formula is C16H23BO5. The summed E-state index contributed by atoms with van der Waals surface area (Å²) in [5.74, 6) is 0.898. The van der Waals surface area contributed by atoms with Gasteiger partial charge >= 0.3 is 13.3 Å². The molecule has 0 radical (unpaired) electrons. The molecular weight excluding hydrogens is 283 g/mol. The fourth-order valence-electron chi connectivity index (χ4n) is 2.18. The number of rotatable bonds is 3. The van der Waals surface area contributed by atoms with Crippen molar-refractivity contribution in [1.29, 1.82) is 0 Å². The fraction of sp³-hybridized carbons (Fsp3) is 0.562. The summed E-state index contributed by atoms with van der Waals surface area (Å²) in [6.07, 6.45) is 1.20. The molecule has 0 N–H and O–H groups in total. The van der Waals surface area contributed by atoms with Gasteiger partial charge in [-0.1, -0.05) is 19.1 Å². The minimum Gasteiger partial charge on any atom is -0.496 e. The Morgan fingerprint density at radius 1 is 1.14 bits per heavy atom. The first-order chi connectivity index (χ1) is 10.2. The van der Waals surface area contributed by atoms with Gasteiger partial charge in [-0.05, 0) is 51.2 Å². The number of carbonyl (C=O) groups excluding carboxylic acids is 2. The third-order valence-corrected chi connectivity index (χ3v) is 4.22. The van der Waals surface area contributed by atoms with Crippen LogP contribution in [0.1, 0.15) is 40.2 Å². The molecule has 0 spiro atoms. The summed E-state index contributed by atoms with van der Waals surface area (Å²) in [5, 5.41) is 0. The van der Waals surface area contributed by atoms with Crippen LogP contribution in [0.5, 0.6) is 5.75 Å². The fourth-order valence-corrected chi connectivity index (χ4v) is 2.18. The highest BCUT2D eigenvalue weighted by Gasteiger charge is 2.51. The van der Waals surface area contributed by atoms with Crippen LogP contribution in [0.3, 0.4) is 0 Å². The number of hydrogen-bond donors (Lipinski definition) is 0. The van der Waals surface area contributed by atoms with Crippen LogP contribution in [0.2, 0.25) is 0 Å². The zero-order chi connectivity index (χ0) is 17.0. The van der Waals surface area contributed by atoms with Gasteiger partial charge in [0, 0.05) is 0 Å². The van der Waals surface area contributed by atoms with Crippen molar-refractivity contribution in [3.63, 3.8) is 0 Å². The molecule has 1 heterocycles. The van der Waals surface area contributed by atoms with E-state index in [1.807, 2.05) is 6.07 Å². The predicted octanol–water partition coefficient (Wildman–Crippen LogP) is 1.97. The quantitative estimate of drug-likeness (QED) is 0.799. The van der Waals surface area contributed by atoms with Crippen LogP contribution in [0.4, 0.5) is 0 Å². The Balaban J connectivity index is 0.000000745. The second kappa shape index (κ2) is 7.10. The van der Waals surface area contributed by atoms with Gasteiger partial charge in [-0.25, -0.2) is 0 Å². The Morgan fingerprint density at radius 3 is 2.05 bits per heavy atom. The van der Waals surface area contributed by atoms with E-state index < -0.39 is 0 Å². The maximum atomic E-state index is 8.12. The van der Waals surface area contributed by atoms with Crippen LogP contribution >= 0.6 is 0 Å². The highest BCUT2D eigenvalue weighted by molar-refractivity contribution is 6.62. The first kappa shape index (κ1) is 18.4. The zero-order valence-corrected chi connectivity index (χ0v) is 14.1. The van der Waals surface area contributed by atoms with Gasteiger partial charge in [-0.15, -0.1) is 0 Å². The lowest BCUT2D eigenvalue weighted by molar-refractivity contribution is -0.191. The topological polar surface area (TPSA) is 61.8 Å². The largest absolute Gasteiger partial charge is 0.496 e. The molecule has 1 aromatic carbocycles. The van der Waals surface area contributed by atoms with E-state index in [4.69, 9.17) is 23.6 Å². The minimum atomic E-state index is -0.329. The van der Waals surface area contributed by atoms with Gasteiger partial charge < -0.3 is 14.0 Å². The molecule has 1 aromatic rings. The molecule has 22 heavy (non-hydrogen) atoms. The average Bonchev–Trinajstić information content (AvgIpc) is 2.67. The van der Waals surface area contributed by atoms with E-state index in [1.165, 1.54) is 5.56 Å². The Morgan fingerprint density at radius 2 is 1.64 bits per heavy atom. The summed E-state index contributed by atoms with van der Waals surface area (Å²) in [6, 6.07) is 6.16. The molecule has 1 aliphatic rings. The molecule has 1 aliphatic heterocycles. The van der Waals surface area contributed by atoms with Crippen LogP contribution in [-0.4, -0.2) is 31.6 Å². The lowest BCUT2D eigenvalue weighted by Crippen LogP contribution is -2.41. The van der Waals surface area contributed by atoms with E-state index in [9.17, 15) is 0 Å². The van der Waals surface area contributed by atoms with E-state index in [1.54, 1.807) is 7.11 Å². The molecule has 0 aliphatic carbocycles. The monoisotopic (exact) mass is 306 g/mol. The molecule has 1 fully saturated rings. The van der Waals surface area contributed by atoms with Crippen LogP contribution in [-0.2, 0) is 25.3 Å². The normalized spacial score (nSPS) is 18.2. The van der Waals surface area contributed by atoms with Crippen molar-refractivity contribution >= 4 is 18.7 Å². The molecule has 1 saturated heterocycles. The lowest BCUT2D eigenvalue weighted by Gasteiger charge is -2.32. The van der Waals surface area contributed by atoms with Gasteiger partial charge in [0.1, 0.15) is 5.75 Å². The smallest absolute Gasteiger partial charge is 0.494 e. The van der Waals surface area contributed by atoms with Gasteiger partial charge in [0.25, 0.3) is 0 Å². The zero-order valence-electron chi connectivity index (χ0n) is 14.1. The maximum absolute atomic E-state index is 8.12. The third-order valence-electron chi connectivity index (χ3n) is 4.22. The molecule has 120 valence electrons. The number of ether oxygens (including phenoxy) is 1. The first-order valence-corrected chi connectivity index (χ1v) is 7.24. The van der Waals surface area contributed by atoms with Crippen LogP contribution in [0.15, 0.2) is 18.2 Å². The Bertz CT molecular complexity index is 531. The molecule has 0 amide bonds. The second-order valence-corrected chi connectivity index (χ2v) is 6.10. The highest BCUT2D eigenvalue weighted by atomic mass is 16.7. The standard InChI is InChI=1S/C15H23BO3.CO2/c1-7-11-8-9-12(10-13(11)17-6)16-18-14(2,3)15(4,5)19-16;2-1-3/h8-10H,7H2,1-6H3;. The highest BCUT2D eigenvalue weighted by Crippen LogP contribution is 2.36. The number of hydrogen-bond acceptors (Lipinski definition) is 5. The van der Waals surface area contributed by atoms with Crippen molar-refractivity contribution in [1.82, 2.24) is 0 Å². The van der Waals surface area contributed by atoms with Crippen molar-refractivity contribution in [2.75, 3.05) is 7.11 Å². The van der Waals surface area contributed by atoms with Crippen LogP contribution in [0.25, 0.3) is 0 Å². The SMILES string of the molecule is CCc1ccc(B2OC(C)(C)C(C)(C)O2)cc1OC.O=C=O. The van der Waals surface area contributed by atoms with E-state index in [0.29, 0.717) is 0 Å². The molecule has 6 heteroatoms. The van der Waals surface area contributed by atoms with Crippen LogP contribution in [0, 0.1) is 0 Å². The number of aryl methyl sites for hydroxylation is 1. The Hall–Kier alpha value is -1.62. The summed E-state index contributed by atoms with van der Waals surface area (Å²) < 4.78 is 17.5. The van der Waals surface area contributed by atoms with E-state index in [2.05, 4.69) is 46.8 Å². The molecule has 0 bridgehead atoms. The lowest BCUT2D eigenvalue weighted by atomic mass is 9.78. The average molecular weight is 306 g/mol. The Labute approximate surface area is 132 Å². The second-order valence-electron chi connectivity index (χ2n) is 6.10. The minimum absolute atomic E-state index is 0.250. The number of methoxy groups -OCH3 is 1. The van der Waals surface area contributed by atoms with Crippen LogP contribution < -0.4 is 10.2 Å². The first-order valence-electron chi connectivity index (χ1n) is 7.24. The van der Waals surface area contributed by atoms with Crippen molar-refractivity contribution in [2.45, 2.75) is 52.2 Å². The van der Waals surface area contributed by atoms with E-state index >= 15 is 0 Å². The summed E-state index contributed by atoms with van der Waals surface area (Å²) in [6.45, 7) is 10.4. The van der Waals surface area contributed by atoms with Gasteiger partial charge in [0.05, 0.1) is 18.3 Å². The molecule has 0 atom stereocenters. The van der Waals surface area contributed by atoms with Gasteiger partial charge in [-0.3, -0.25) is 0 Å². The Kier molecular flexibility index (Phi) is 5.95.